The van der Waals surface area contributed by atoms with E-state index < -0.39 is 5.63 Å². The molecule has 6 heteroatoms. The van der Waals surface area contributed by atoms with Crippen molar-refractivity contribution in [1.29, 1.82) is 0 Å². The summed E-state index contributed by atoms with van der Waals surface area (Å²) in [5.41, 5.74) is 0.750. The summed E-state index contributed by atoms with van der Waals surface area (Å²) < 4.78 is 17.1. The van der Waals surface area contributed by atoms with Gasteiger partial charge in [0, 0.05) is 23.6 Å². The molecular weight excluding hydrogens is 346 g/mol. The lowest BCUT2D eigenvalue weighted by Crippen LogP contribution is -2.25. The normalized spacial score (nSPS) is 14.9. The minimum atomic E-state index is -0.570. The zero-order valence-electron chi connectivity index (χ0n) is 15.6. The Labute approximate surface area is 157 Å². The van der Waals surface area contributed by atoms with E-state index in [4.69, 9.17) is 13.6 Å². The highest BCUT2D eigenvalue weighted by Crippen LogP contribution is 2.34. The second kappa shape index (κ2) is 7.12. The van der Waals surface area contributed by atoms with Gasteiger partial charge >= 0.3 is 5.63 Å². The molecular formula is C21H23NO5. The molecule has 1 saturated heterocycles. The van der Waals surface area contributed by atoms with Crippen LogP contribution in [0.3, 0.4) is 0 Å². The first-order valence-corrected chi connectivity index (χ1v) is 9.25. The molecule has 0 spiro atoms. The van der Waals surface area contributed by atoms with Crippen molar-refractivity contribution in [2.75, 3.05) is 26.2 Å². The Hall–Kier alpha value is -2.73. The van der Waals surface area contributed by atoms with Crippen molar-refractivity contribution in [3.63, 3.8) is 0 Å². The maximum absolute atomic E-state index is 11.9. The van der Waals surface area contributed by atoms with Gasteiger partial charge in [0.15, 0.2) is 11.5 Å². The lowest BCUT2D eigenvalue weighted by molar-refractivity contribution is 0.238. The van der Waals surface area contributed by atoms with Gasteiger partial charge in [0.25, 0.3) is 0 Å². The Kier molecular flexibility index (Phi) is 4.66. The summed E-state index contributed by atoms with van der Waals surface area (Å²) in [4.78, 5) is 14.3. The van der Waals surface area contributed by atoms with E-state index in [1.807, 2.05) is 18.2 Å². The Balaban J connectivity index is 1.57. The molecule has 142 valence electrons. The number of ether oxygens (including phenoxy) is 1. The second-order valence-corrected chi connectivity index (χ2v) is 7.02. The number of rotatable bonds is 5. The summed E-state index contributed by atoms with van der Waals surface area (Å²) in [6.45, 7) is 7.09. The second-order valence-electron chi connectivity index (χ2n) is 7.02. The fourth-order valence-electron chi connectivity index (χ4n) is 3.48. The molecule has 1 aliphatic rings. The first kappa shape index (κ1) is 17.7. The van der Waals surface area contributed by atoms with Crippen LogP contribution in [0, 0.1) is 13.8 Å². The zero-order chi connectivity index (χ0) is 19.0. The average Bonchev–Trinajstić information content (AvgIpc) is 3.32. The standard InChI is InChI=1S/C21H23NO5/c1-13-19(23)14(2)21(24)27-20(13)18-11-15-5-6-16(12-17(15)26-18)25-10-9-22-7-3-4-8-22/h5-6,11-12,23H,3-4,7-10H2,1-2H3. The Morgan fingerprint density at radius 2 is 1.89 bits per heavy atom. The number of benzene rings is 1. The van der Waals surface area contributed by atoms with E-state index in [2.05, 4.69) is 4.90 Å². The topological polar surface area (TPSA) is 76.0 Å². The van der Waals surface area contributed by atoms with Crippen LogP contribution in [-0.2, 0) is 0 Å². The van der Waals surface area contributed by atoms with Crippen LogP contribution < -0.4 is 10.4 Å². The molecule has 27 heavy (non-hydrogen) atoms. The molecule has 0 amide bonds. The number of likely N-dealkylation sites (tertiary alicyclic amines) is 1. The molecule has 3 aromatic rings. The van der Waals surface area contributed by atoms with Gasteiger partial charge in [-0.3, -0.25) is 4.90 Å². The fraction of sp³-hybridized carbons (Fsp3) is 0.381. The van der Waals surface area contributed by atoms with Crippen LogP contribution in [0.25, 0.3) is 22.5 Å². The highest BCUT2D eigenvalue weighted by atomic mass is 16.5. The first-order valence-electron chi connectivity index (χ1n) is 9.25. The largest absolute Gasteiger partial charge is 0.507 e. The van der Waals surface area contributed by atoms with Gasteiger partial charge in [-0.15, -0.1) is 0 Å². The van der Waals surface area contributed by atoms with E-state index in [9.17, 15) is 9.90 Å². The molecule has 0 saturated carbocycles. The monoisotopic (exact) mass is 369 g/mol. The summed E-state index contributed by atoms with van der Waals surface area (Å²) in [5.74, 6) is 1.33. The third kappa shape index (κ3) is 3.45. The molecule has 0 unspecified atom stereocenters. The molecule has 1 N–H and O–H groups in total. The van der Waals surface area contributed by atoms with Gasteiger partial charge in [0.05, 0.1) is 5.56 Å². The van der Waals surface area contributed by atoms with Crippen molar-refractivity contribution in [1.82, 2.24) is 4.90 Å². The molecule has 4 rings (SSSR count). The van der Waals surface area contributed by atoms with Crippen molar-refractivity contribution >= 4 is 11.0 Å². The molecule has 2 aromatic heterocycles. The Morgan fingerprint density at radius 3 is 2.67 bits per heavy atom. The van der Waals surface area contributed by atoms with Gasteiger partial charge in [0.2, 0.25) is 0 Å². The van der Waals surface area contributed by atoms with Gasteiger partial charge < -0.3 is 18.7 Å². The number of fused-ring (bicyclic) bond motifs is 1. The minimum absolute atomic E-state index is 0.0624. The maximum Gasteiger partial charge on any atom is 0.343 e. The third-order valence-corrected chi connectivity index (χ3v) is 5.14. The molecule has 3 heterocycles. The Morgan fingerprint density at radius 1 is 1.11 bits per heavy atom. The number of furan rings is 1. The van der Waals surface area contributed by atoms with E-state index in [0.717, 1.165) is 30.8 Å². The van der Waals surface area contributed by atoms with Gasteiger partial charge in [-0.1, -0.05) is 0 Å². The highest BCUT2D eigenvalue weighted by Gasteiger charge is 2.18. The molecule has 0 atom stereocenters. The van der Waals surface area contributed by atoms with E-state index in [1.165, 1.54) is 19.8 Å². The van der Waals surface area contributed by atoms with Crippen LogP contribution in [0.15, 0.2) is 37.9 Å². The van der Waals surface area contributed by atoms with Crippen molar-refractivity contribution in [2.45, 2.75) is 26.7 Å². The molecule has 1 aliphatic heterocycles. The summed E-state index contributed by atoms with van der Waals surface area (Å²) >= 11 is 0. The molecule has 1 aromatic carbocycles. The van der Waals surface area contributed by atoms with Crippen LogP contribution in [0.5, 0.6) is 11.5 Å². The lowest BCUT2D eigenvalue weighted by Gasteiger charge is -2.14. The first-order chi connectivity index (χ1) is 13.0. The van der Waals surface area contributed by atoms with Gasteiger partial charge in [-0.2, -0.15) is 0 Å². The number of hydrogen-bond acceptors (Lipinski definition) is 6. The van der Waals surface area contributed by atoms with E-state index in [0.29, 0.717) is 23.5 Å². The predicted molar refractivity (Wildman–Crippen MR) is 102 cm³/mol. The minimum Gasteiger partial charge on any atom is -0.507 e. The predicted octanol–water partition coefficient (Wildman–Crippen LogP) is 3.85. The number of nitrogens with zero attached hydrogens (tertiary/aromatic N) is 1. The number of hydrogen-bond donors (Lipinski definition) is 1. The maximum atomic E-state index is 11.9. The van der Waals surface area contributed by atoms with Crippen LogP contribution in [0.1, 0.15) is 24.0 Å². The molecule has 0 bridgehead atoms. The summed E-state index contributed by atoms with van der Waals surface area (Å²) in [6.07, 6.45) is 2.54. The summed E-state index contributed by atoms with van der Waals surface area (Å²) in [5, 5.41) is 11.0. The van der Waals surface area contributed by atoms with Gasteiger partial charge in [0.1, 0.15) is 23.7 Å². The van der Waals surface area contributed by atoms with Gasteiger partial charge in [-0.25, -0.2) is 4.79 Å². The Bertz CT molecular complexity index is 1030. The van der Waals surface area contributed by atoms with Gasteiger partial charge in [-0.05, 0) is 58.0 Å². The third-order valence-electron chi connectivity index (χ3n) is 5.14. The molecule has 6 nitrogen and oxygen atoms in total. The van der Waals surface area contributed by atoms with E-state index in [1.54, 1.807) is 13.0 Å². The van der Waals surface area contributed by atoms with Crippen LogP contribution >= 0.6 is 0 Å². The fourth-order valence-corrected chi connectivity index (χ4v) is 3.48. The van der Waals surface area contributed by atoms with Crippen LogP contribution in [0.4, 0.5) is 0 Å². The van der Waals surface area contributed by atoms with Crippen molar-refractivity contribution in [3.8, 4) is 23.0 Å². The quantitative estimate of drug-likeness (QED) is 0.736. The van der Waals surface area contributed by atoms with Crippen molar-refractivity contribution in [3.05, 3.63) is 45.8 Å². The van der Waals surface area contributed by atoms with E-state index in [-0.39, 0.29) is 17.1 Å². The SMILES string of the molecule is Cc1c(-c2cc3ccc(OCCN4CCCC4)cc3o2)oc(=O)c(C)c1O. The average molecular weight is 369 g/mol. The van der Waals surface area contributed by atoms with Crippen LogP contribution in [0.2, 0.25) is 0 Å². The smallest absolute Gasteiger partial charge is 0.343 e. The molecule has 0 radical (unpaired) electrons. The van der Waals surface area contributed by atoms with Crippen molar-refractivity contribution in [2.24, 2.45) is 0 Å². The highest BCUT2D eigenvalue weighted by molar-refractivity contribution is 5.83. The summed E-state index contributed by atoms with van der Waals surface area (Å²) in [6, 6.07) is 7.45. The summed E-state index contributed by atoms with van der Waals surface area (Å²) in [7, 11) is 0. The number of aromatic hydroxyl groups is 1. The zero-order valence-corrected chi connectivity index (χ0v) is 15.6. The lowest BCUT2D eigenvalue weighted by atomic mass is 10.1. The molecule has 1 fully saturated rings. The molecule has 0 aliphatic carbocycles. The van der Waals surface area contributed by atoms with Crippen molar-refractivity contribution < 1.29 is 18.7 Å². The van der Waals surface area contributed by atoms with Crippen LogP contribution in [-0.4, -0.2) is 36.2 Å². The van der Waals surface area contributed by atoms with E-state index >= 15 is 0 Å².